The van der Waals surface area contributed by atoms with Gasteiger partial charge in [0.15, 0.2) is 5.69 Å². The Balaban J connectivity index is 0.00000160. The minimum Gasteiger partial charge on any atom is -0.373 e. The number of carbonyl (C=O) groups is 1. The molecule has 30 heavy (non-hydrogen) atoms. The maximum absolute atomic E-state index is 12.8. The summed E-state index contributed by atoms with van der Waals surface area (Å²) in [6.07, 6.45) is 6.69. The van der Waals surface area contributed by atoms with Crippen LogP contribution in [0.3, 0.4) is 0 Å². The van der Waals surface area contributed by atoms with Crippen molar-refractivity contribution in [3.63, 3.8) is 0 Å². The lowest BCUT2D eigenvalue weighted by molar-refractivity contribution is -0.0728. The molecule has 3 aliphatic heterocycles. The number of carbonyl (C=O) groups excluding carboxylic acids is 1. The third-order valence-corrected chi connectivity index (χ3v) is 6.33. The summed E-state index contributed by atoms with van der Waals surface area (Å²) in [6.45, 7) is 11.1. The van der Waals surface area contributed by atoms with Crippen LogP contribution >= 0.6 is 24.8 Å². The number of rotatable bonds is 4. The Bertz CT molecular complexity index is 651. The number of ether oxygens (including phenoxy) is 1. The second kappa shape index (κ2) is 11.6. The number of morpholine rings is 1. The smallest absolute Gasteiger partial charge is 0.276 e. The molecule has 0 bridgehead atoms. The lowest BCUT2D eigenvalue weighted by Crippen LogP contribution is -2.48. The standard InChI is InChI=1S/C20H34N6O2.2ClH/c1-15-11-24(12-16(2)28-15)13-17-5-9-25(10-6-17)20(27)19-14-26(23-22-19)18-3-7-21-8-4-18;;/h14-18,21H,3-13H2,1-2H3;2*1H. The SMILES string of the molecule is CC1CN(CC2CCN(C(=O)c3cn(C4CCNCC4)nn3)CC2)CC(C)O1.Cl.Cl. The molecule has 0 saturated carbocycles. The first-order valence-electron chi connectivity index (χ1n) is 10.9. The Morgan fingerprint density at radius 2 is 1.73 bits per heavy atom. The summed E-state index contributed by atoms with van der Waals surface area (Å²) in [5.41, 5.74) is 0.493. The lowest BCUT2D eigenvalue weighted by atomic mass is 9.95. The highest BCUT2D eigenvalue weighted by atomic mass is 35.5. The number of nitrogens with one attached hydrogen (secondary N) is 1. The first-order valence-corrected chi connectivity index (χ1v) is 10.9. The number of aromatic nitrogens is 3. The van der Waals surface area contributed by atoms with Crippen LogP contribution in [0.2, 0.25) is 0 Å². The molecule has 3 fully saturated rings. The molecule has 10 heteroatoms. The van der Waals surface area contributed by atoms with E-state index in [1.54, 1.807) is 0 Å². The van der Waals surface area contributed by atoms with Gasteiger partial charge in [0.05, 0.1) is 24.4 Å². The molecule has 0 radical (unpaired) electrons. The van der Waals surface area contributed by atoms with Crippen molar-refractivity contribution < 1.29 is 9.53 Å². The third-order valence-electron chi connectivity index (χ3n) is 6.33. The Hall–Kier alpha value is -0.930. The number of halogens is 2. The minimum absolute atomic E-state index is 0. The van der Waals surface area contributed by atoms with Crippen molar-refractivity contribution >= 4 is 30.7 Å². The van der Waals surface area contributed by atoms with Gasteiger partial charge in [0.1, 0.15) is 0 Å². The Labute approximate surface area is 191 Å². The third kappa shape index (κ3) is 6.29. The quantitative estimate of drug-likeness (QED) is 0.737. The van der Waals surface area contributed by atoms with Gasteiger partial charge in [-0.1, -0.05) is 5.21 Å². The van der Waals surface area contributed by atoms with E-state index in [1.165, 1.54) is 0 Å². The Morgan fingerprint density at radius 3 is 2.37 bits per heavy atom. The average molecular weight is 463 g/mol. The molecule has 1 amide bonds. The van der Waals surface area contributed by atoms with Crippen molar-refractivity contribution in [2.45, 2.75) is 57.8 Å². The van der Waals surface area contributed by atoms with Crippen LogP contribution in [-0.4, -0.2) is 88.7 Å². The topological polar surface area (TPSA) is 75.5 Å². The highest BCUT2D eigenvalue weighted by Crippen LogP contribution is 2.22. The average Bonchev–Trinajstić information content (AvgIpc) is 3.18. The molecule has 172 valence electrons. The molecule has 0 spiro atoms. The van der Waals surface area contributed by atoms with Gasteiger partial charge >= 0.3 is 0 Å². The fourth-order valence-corrected chi connectivity index (χ4v) is 4.90. The van der Waals surface area contributed by atoms with E-state index in [0.717, 1.165) is 71.5 Å². The van der Waals surface area contributed by atoms with Crippen molar-refractivity contribution in [2.24, 2.45) is 5.92 Å². The van der Waals surface area contributed by atoms with Crippen molar-refractivity contribution in [3.05, 3.63) is 11.9 Å². The number of piperidine rings is 2. The van der Waals surface area contributed by atoms with E-state index in [4.69, 9.17) is 4.74 Å². The summed E-state index contributed by atoms with van der Waals surface area (Å²) in [7, 11) is 0. The van der Waals surface area contributed by atoms with Gasteiger partial charge in [-0.25, -0.2) is 4.68 Å². The van der Waals surface area contributed by atoms with Gasteiger partial charge in [0.25, 0.3) is 5.91 Å². The zero-order chi connectivity index (χ0) is 19.5. The van der Waals surface area contributed by atoms with Crippen LogP contribution in [0.1, 0.15) is 56.1 Å². The van der Waals surface area contributed by atoms with Crippen LogP contribution in [0.25, 0.3) is 0 Å². The first kappa shape index (κ1) is 25.3. The summed E-state index contributed by atoms with van der Waals surface area (Å²) in [6, 6.07) is 0.361. The van der Waals surface area contributed by atoms with E-state index >= 15 is 0 Å². The summed E-state index contributed by atoms with van der Waals surface area (Å²) in [4.78, 5) is 17.3. The van der Waals surface area contributed by atoms with E-state index in [-0.39, 0.29) is 30.7 Å². The fraction of sp³-hybridized carbons (Fsp3) is 0.850. The molecule has 3 aliphatic rings. The summed E-state index contributed by atoms with van der Waals surface area (Å²) in [5.74, 6) is 0.694. The lowest BCUT2D eigenvalue weighted by Gasteiger charge is -2.39. The molecule has 2 unspecified atom stereocenters. The van der Waals surface area contributed by atoms with Gasteiger partial charge in [-0.05, 0) is 58.5 Å². The summed E-state index contributed by atoms with van der Waals surface area (Å²) >= 11 is 0. The van der Waals surface area contributed by atoms with Gasteiger partial charge in [-0.15, -0.1) is 29.9 Å². The number of nitrogens with zero attached hydrogens (tertiary/aromatic N) is 5. The van der Waals surface area contributed by atoms with Gasteiger partial charge in [0, 0.05) is 32.7 Å². The van der Waals surface area contributed by atoms with Gasteiger partial charge < -0.3 is 15.0 Å². The van der Waals surface area contributed by atoms with E-state index in [2.05, 4.69) is 34.4 Å². The Morgan fingerprint density at radius 1 is 1.10 bits per heavy atom. The normalized spacial score (nSPS) is 26.7. The van der Waals surface area contributed by atoms with E-state index in [1.807, 2.05) is 15.8 Å². The molecule has 1 N–H and O–H groups in total. The van der Waals surface area contributed by atoms with Gasteiger partial charge in [-0.2, -0.15) is 0 Å². The number of hydrogen-bond acceptors (Lipinski definition) is 6. The maximum Gasteiger partial charge on any atom is 0.276 e. The van der Waals surface area contributed by atoms with E-state index in [9.17, 15) is 4.79 Å². The summed E-state index contributed by atoms with van der Waals surface area (Å²) < 4.78 is 7.73. The predicted molar refractivity (Wildman–Crippen MR) is 121 cm³/mol. The molecule has 3 saturated heterocycles. The van der Waals surface area contributed by atoms with Crippen LogP contribution in [0.5, 0.6) is 0 Å². The maximum atomic E-state index is 12.8. The minimum atomic E-state index is 0. The zero-order valence-corrected chi connectivity index (χ0v) is 19.7. The van der Waals surface area contributed by atoms with Crippen LogP contribution < -0.4 is 5.32 Å². The van der Waals surface area contributed by atoms with E-state index < -0.39 is 0 Å². The highest BCUT2D eigenvalue weighted by Gasteiger charge is 2.29. The summed E-state index contributed by atoms with van der Waals surface area (Å²) in [5, 5.41) is 11.8. The molecule has 8 nitrogen and oxygen atoms in total. The molecule has 2 atom stereocenters. The van der Waals surface area contributed by atoms with Crippen molar-refractivity contribution in [2.75, 3.05) is 45.8 Å². The molecular weight excluding hydrogens is 427 g/mol. The predicted octanol–water partition coefficient (Wildman–Crippen LogP) is 2.01. The van der Waals surface area contributed by atoms with Crippen LogP contribution in [0.4, 0.5) is 0 Å². The van der Waals surface area contributed by atoms with Crippen LogP contribution in [0, 0.1) is 5.92 Å². The van der Waals surface area contributed by atoms with Crippen molar-refractivity contribution in [1.82, 2.24) is 30.1 Å². The largest absolute Gasteiger partial charge is 0.373 e. The van der Waals surface area contributed by atoms with E-state index in [0.29, 0.717) is 29.9 Å². The molecule has 1 aromatic heterocycles. The first-order chi connectivity index (χ1) is 13.6. The monoisotopic (exact) mass is 462 g/mol. The van der Waals surface area contributed by atoms with Gasteiger partial charge in [-0.3, -0.25) is 9.69 Å². The number of amides is 1. The second-order valence-corrected chi connectivity index (χ2v) is 8.78. The van der Waals surface area contributed by atoms with Crippen molar-refractivity contribution in [3.8, 4) is 0 Å². The molecule has 1 aromatic rings. The number of likely N-dealkylation sites (tertiary alicyclic amines) is 1. The highest BCUT2D eigenvalue weighted by molar-refractivity contribution is 5.92. The second-order valence-electron chi connectivity index (χ2n) is 8.78. The number of hydrogen-bond donors (Lipinski definition) is 1. The van der Waals surface area contributed by atoms with Crippen molar-refractivity contribution in [1.29, 1.82) is 0 Å². The van der Waals surface area contributed by atoms with Crippen LogP contribution in [-0.2, 0) is 4.74 Å². The fourth-order valence-electron chi connectivity index (χ4n) is 4.90. The zero-order valence-electron chi connectivity index (χ0n) is 18.0. The van der Waals surface area contributed by atoms with Gasteiger partial charge in [0.2, 0.25) is 0 Å². The Kier molecular flexibility index (Phi) is 9.81. The molecule has 4 heterocycles. The molecule has 4 rings (SSSR count). The molecular formula is C20H36Cl2N6O2. The van der Waals surface area contributed by atoms with Crippen LogP contribution in [0.15, 0.2) is 6.20 Å². The molecule has 0 aromatic carbocycles. The molecule has 0 aliphatic carbocycles.